The lowest BCUT2D eigenvalue weighted by atomic mass is 10.1. The van der Waals surface area contributed by atoms with Gasteiger partial charge in [0.1, 0.15) is 51.8 Å². The van der Waals surface area contributed by atoms with Gasteiger partial charge >= 0.3 is 0 Å². The molecule has 1 aliphatic rings. The predicted octanol–water partition coefficient (Wildman–Crippen LogP) is 19.0. The molecule has 1 heterocycles. The first kappa shape index (κ1) is 46.2. The van der Waals surface area contributed by atoms with Gasteiger partial charge in [0.2, 0.25) is 0 Å². The number of hydrogen-bond donors (Lipinski definition) is 0. The van der Waals surface area contributed by atoms with Crippen LogP contribution in [0.25, 0.3) is 20.9 Å². The van der Waals surface area contributed by atoms with Gasteiger partial charge in [-0.25, -0.2) is 0 Å². The van der Waals surface area contributed by atoms with Crippen molar-refractivity contribution in [3.63, 3.8) is 0 Å². The first-order valence-corrected chi connectivity index (χ1v) is 25.0. The van der Waals surface area contributed by atoms with Crippen LogP contribution in [0.4, 0.5) is 34.1 Å². The van der Waals surface area contributed by atoms with Gasteiger partial charge in [-0.2, -0.15) is 0 Å². The van der Waals surface area contributed by atoms with Crippen LogP contribution in [0, 0.1) is 0 Å². The summed E-state index contributed by atoms with van der Waals surface area (Å²) in [5, 5.41) is 0. The molecule has 8 heteroatoms. The van der Waals surface area contributed by atoms with Gasteiger partial charge in [0.25, 0.3) is 0 Å². The van der Waals surface area contributed by atoms with Crippen molar-refractivity contribution < 1.29 is 23.7 Å². The fraction of sp³-hybridized carbons (Fsp3) is 0.0462. The summed E-state index contributed by atoms with van der Waals surface area (Å²) < 4.78 is 30.7. The van der Waals surface area contributed by atoms with Crippen molar-refractivity contribution in [2.24, 2.45) is 0 Å². The number of thiophene rings is 1. The van der Waals surface area contributed by atoms with Gasteiger partial charge in [-0.1, -0.05) is 84.9 Å². The number of methoxy groups -OCH3 is 1. The Morgan fingerprint density at radius 2 is 0.699 bits per heavy atom. The molecule has 0 radical (unpaired) electrons. The van der Waals surface area contributed by atoms with Crippen molar-refractivity contribution in [1.82, 2.24) is 0 Å². The van der Waals surface area contributed by atoms with Crippen LogP contribution in [-0.2, 0) is 0 Å². The standard InChI is InChI=1S/C65H50N2O5S/c1-68-63-46-64(47-22-26-49(27-23-47)66(51-30-38-59(39-31-51)69-55-14-6-2-7-15-55)52-32-40-60(41-33-52)70-56-16-8-3-9-17-56)73-65(63)48-24-28-50(29-25-48)67(53-34-42-61(43-35-53)71-57-18-10-4-11-19-57)54-36-44-62(45-37-54)72-58-20-12-5-13-21-58/h2-4,6-12,14-46H,5,13H2,1H3. The summed E-state index contributed by atoms with van der Waals surface area (Å²) >= 11 is 1.71. The second-order valence-corrected chi connectivity index (χ2v) is 18.2. The monoisotopic (exact) mass is 970 g/mol. The maximum atomic E-state index is 6.20. The van der Waals surface area contributed by atoms with Gasteiger partial charge in [-0.15, -0.1) is 11.3 Å². The van der Waals surface area contributed by atoms with Crippen LogP contribution in [0.15, 0.2) is 267 Å². The van der Waals surface area contributed by atoms with Crippen molar-refractivity contribution in [2.75, 3.05) is 16.9 Å². The van der Waals surface area contributed by atoms with Crippen LogP contribution in [0.5, 0.6) is 46.0 Å². The van der Waals surface area contributed by atoms with Crippen molar-refractivity contribution in [2.45, 2.75) is 12.8 Å². The quantitative estimate of drug-likeness (QED) is 0.0901. The molecule has 11 rings (SSSR count). The number of hydrogen-bond acceptors (Lipinski definition) is 8. The lowest BCUT2D eigenvalue weighted by Gasteiger charge is -2.26. The van der Waals surface area contributed by atoms with Crippen molar-refractivity contribution in [3.8, 4) is 66.9 Å². The third kappa shape index (κ3) is 11.1. The van der Waals surface area contributed by atoms with Crippen LogP contribution in [0.1, 0.15) is 12.8 Å². The van der Waals surface area contributed by atoms with E-state index in [0.29, 0.717) is 0 Å². The number of rotatable bonds is 17. The van der Waals surface area contributed by atoms with Gasteiger partial charge in [-0.3, -0.25) is 0 Å². The van der Waals surface area contributed by atoms with E-state index in [9.17, 15) is 0 Å². The van der Waals surface area contributed by atoms with E-state index in [1.807, 2.05) is 146 Å². The molecule has 0 fully saturated rings. The van der Waals surface area contributed by atoms with Gasteiger partial charge in [0, 0.05) is 39.0 Å². The smallest absolute Gasteiger partial charge is 0.138 e. The van der Waals surface area contributed by atoms with Crippen molar-refractivity contribution in [3.05, 3.63) is 267 Å². The molecule has 7 nitrogen and oxygen atoms in total. The molecule has 10 aromatic rings. The maximum Gasteiger partial charge on any atom is 0.138 e. The van der Waals surface area contributed by atoms with E-state index >= 15 is 0 Å². The van der Waals surface area contributed by atoms with Crippen LogP contribution >= 0.6 is 11.3 Å². The van der Waals surface area contributed by atoms with E-state index < -0.39 is 0 Å². The normalized spacial score (nSPS) is 11.8. The van der Waals surface area contributed by atoms with Gasteiger partial charge in [0.05, 0.1) is 12.0 Å². The molecule has 0 spiro atoms. The number of nitrogens with zero attached hydrogens (tertiary/aromatic N) is 2. The van der Waals surface area contributed by atoms with Crippen molar-refractivity contribution in [1.29, 1.82) is 0 Å². The minimum Gasteiger partial charge on any atom is -0.495 e. The highest BCUT2D eigenvalue weighted by Gasteiger charge is 2.19. The zero-order chi connectivity index (χ0) is 49.2. The number of benzene rings is 9. The predicted molar refractivity (Wildman–Crippen MR) is 298 cm³/mol. The van der Waals surface area contributed by atoms with E-state index in [1.165, 1.54) is 0 Å². The molecule has 0 aliphatic heterocycles. The highest BCUT2D eigenvalue weighted by molar-refractivity contribution is 7.19. The van der Waals surface area contributed by atoms with E-state index in [-0.39, 0.29) is 0 Å². The summed E-state index contributed by atoms with van der Waals surface area (Å²) in [7, 11) is 1.73. The maximum absolute atomic E-state index is 6.20. The first-order valence-electron chi connectivity index (χ1n) is 24.2. The van der Waals surface area contributed by atoms with Gasteiger partial charge < -0.3 is 33.5 Å². The molecule has 1 aromatic heterocycles. The highest BCUT2D eigenvalue weighted by atomic mass is 32.1. The van der Waals surface area contributed by atoms with E-state index in [1.54, 1.807) is 18.4 Å². The molecule has 0 saturated carbocycles. The Labute approximate surface area is 430 Å². The lowest BCUT2D eigenvalue weighted by Crippen LogP contribution is -2.09. The molecule has 0 saturated heterocycles. The molecular weight excluding hydrogens is 921 g/mol. The zero-order valence-corrected chi connectivity index (χ0v) is 40.9. The summed E-state index contributed by atoms with van der Waals surface area (Å²) in [5.74, 6) is 7.12. The Morgan fingerprint density at radius 3 is 1.05 bits per heavy atom. The minimum absolute atomic E-state index is 0.757. The Balaban J connectivity index is 0.863. The van der Waals surface area contributed by atoms with Crippen LogP contribution in [0.3, 0.4) is 0 Å². The summed E-state index contributed by atoms with van der Waals surface area (Å²) in [6.07, 6.45) is 8.33. The number of para-hydroxylation sites is 3. The fourth-order valence-electron chi connectivity index (χ4n) is 8.63. The van der Waals surface area contributed by atoms with Crippen LogP contribution < -0.4 is 33.5 Å². The second-order valence-electron chi connectivity index (χ2n) is 17.2. The average molecular weight is 971 g/mol. The summed E-state index contributed by atoms with van der Waals surface area (Å²) in [6, 6.07) is 81.7. The number of anilines is 6. The first-order chi connectivity index (χ1) is 36.1. The van der Waals surface area contributed by atoms with Crippen LogP contribution in [-0.4, -0.2) is 7.11 Å². The third-order valence-corrected chi connectivity index (χ3v) is 13.4. The minimum atomic E-state index is 0.757. The van der Waals surface area contributed by atoms with Crippen molar-refractivity contribution >= 4 is 45.5 Å². The summed E-state index contributed by atoms with van der Waals surface area (Å²) in [5.41, 5.74) is 8.09. The second kappa shape index (κ2) is 21.8. The third-order valence-electron chi connectivity index (χ3n) is 12.2. The molecule has 0 amide bonds. The lowest BCUT2D eigenvalue weighted by molar-refractivity contribution is 0.418. The topological polar surface area (TPSA) is 52.6 Å². The molecule has 0 unspecified atom stereocenters. The van der Waals surface area contributed by atoms with E-state index in [2.05, 4.69) is 125 Å². The fourth-order valence-corrected chi connectivity index (χ4v) is 9.77. The summed E-state index contributed by atoms with van der Waals surface area (Å²) in [6.45, 7) is 0. The Bertz CT molecular complexity index is 3350. The number of ether oxygens (including phenoxy) is 5. The molecule has 0 atom stereocenters. The largest absolute Gasteiger partial charge is 0.495 e. The van der Waals surface area contributed by atoms with E-state index in [4.69, 9.17) is 23.7 Å². The molecule has 356 valence electrons. The van der Waals surface area contributed by atoms with Gasteiger partial charge in [0.15, 0.2) is 0 Å². The molecular formula is C65H50N2O5S. The Kier molecular flexibility index (Phi) is 13.8. The molecule has 9 aromatic carbocycles. The molecule has 0 N–H and O–H groups in total. The number of allylic oxidation sites excluding steroid dienone is 3. The molecule has 73 heavy (non-hydrogen) atoms. The SMILES string of the molecule is COc1cc(-c2ccc(N(c3ccc(Oc4ccccc4)cc3)c3ccc(Oc4ccccc4)cc3)cc2)sc1-c1ccc(N(c2ccc(OC3=CCCC=C3)cc2)c2ccc(Oc3ccccc3)cc2)cc1. The van der Waals surface area contributed by atoms with Crippen LogP contribution in [0.2, 0.25) is 0 Å². The summed E-state index contributed by atoms with van der Waals surface area (Å²) in [4.78, 5) is 6.61. The zero-order valence-electron chi connectivity index (χ0n) is 40.1. The van der Waals surface area contributed by atoms with E-state index in [0.717, 1.165) is 120 Å². The molecule has 1 aliphatic carbocycles. The molecule has 0 bridgehead atoms. The Hall–Kier alpha value is -9.24. The van der Waals surface area contributed by atoms with Gasteiger partial charge in [-0.05, 0) is 200 Å². The average Bonchev–Trinajstić information content (AvgIpc) is 3.89. The Morgan fingerprint density at radius 1 is 0.356 bits per heavy atom. The highest BCUT2D eigenvalue weighted by Crippen LogP contribution is 2.46.